The molecule has 1 heterocycles. The van der Waals surface area contributed by atoms with Crippen molar-refractivity contribution in [2.24, 2.45) is 5.92 Å². The van der Waals surface area contributed by atoms with Gasteiger partial charge in [-0.1, -0.05) is 19.3 Å². The number of carboxylic acids is 1. The maximum atomic E-state index is 12.6. The van der Waals surface area contributed by atoms with Gasteiger partial charge < -0.3 is 15.7 Å². The molecule has 2 amide bonds. The van der Waals surface area contributed by atoms with Gasteiger partial charge in [0.25, 0.3) is 5.91 Å². The van der Waals surface area contributed by atoms with Crippen molar-refractivity contribution < 1.29 is 19.5 Å². The van der Waals surface area contributed by atoms with Crippen LogP contribution in [0.2, 0.25) is 0 Å². The van der Waals surface area contributed by atoms with Gasteiger partial charge in [0.15, 0.2) is 0 Å². The van der Waals surface area contributed by atoms with Crippen LogP contribution in [0, 0.1) is 5.92 Å². The zero-order valence-corrected chi connectivity index (χ0v) is 14.9. The fraction of sp³-hybridized carbons (Fsp3) is 0.500. The van der Waals surface area contributed by atoms with Crippen molar-refractivity contribution >= 4 is 35.2 Å². The molecule has 0 radical (unpaired) electrons. The van der Waals surface area contributed by atoms with E-state index in [9.17, 15) is 19.5 Å². The molecule has 0 saturated heterocycles. The second-order valence-electron chi connectivity index (χ2n) is 6.62. The Labute approximate surface area is 150 Å². The van der Waals surface area contributed by atoms with E-state index >= 15 is 0 Å². The smallest absolute Gasteiger partial charge is 0.308 e. The highest BCUT2D eigenvalue weighted by Crippen LogP contribution is 2.36. The highest BCUT2D eigenvalue weighted by molar-refractivity contribution is 8.00. The zero-order valence-electron chi connectivity index (χ0n) is 14.1. The van der Waals surface area contributed by atoms with E-state index in [1.165, 1.54) is 11.8 Å². The zero-order chi connectivity index (χ0) is 18.0. The largest absolute Gasteiger partial charge is 0.481 e. The van der Waals surface area contributed by atoms with E-state index < -0.39 is 11.9 Å². The number of benzene rings is 1. The Morgan fingerprint density at radius 1 is 1.24 bits per heavy atom. The second kappa shape index (κ2) is 7.47. The Hall–Kier alpha value is -2.02. The van der Waals surface area contributed by atoms with E-state index in [0.717, 1.165) is 24.2 Å². The Morgan fingerprint density at radius 3 is 2.76 bits per heavy atom. The summed E-state index contributed by atoms with van der Waals surface area (Å²) in [5, 5.41) is 15.0. The molecule has 7 heteroatoms. The highest BCUT2D eigenvalue weighted by Gasteiger charge is 2.31. The first-order chi connectivity index (χ1) is 12.0. The number of thioether (sulfide) groups is 1. The molecular formula is C18H22N2O4S. The lowest BCUT2D eigenvalue weighted by molar-refractivity contribution is -0.142. The summed E-state index contributed by atoms with van der Waals surface area (Å²) in [7, 11) is 0. The molecule has 1 aromatic carbocycles. The molecule has 1 fully saturated rings. The second-order valence-corrected chi connectivity index (χ2v) is 8.01. The minimum atomic E-state index is -0.852. The summed E-state index contributed by atoms with van der Waals surface area (Å²) in [5.74, 6) is -1.76. The third-order valence-electron chi connectivity index (χ3n) is 4.82. The first-order valence-electron chi connectivity index (χ1n) is 8.61. The summed E-state index contributed by atoms with van der Waals surface area (Å²) in [5.41, 5.74) is 1.07. The molecule has 0 spiro atoms. The number of nitrogens with one attached hydrogen (secondary N) is 2. The van der Waals surface area contributed by atoms with Gasteiger partial charge in [0.1, 0.15) is 0 Å². The van der Waals surface area contributed by atoms with Crippen LogP contribution < -0.4 is 10.6 Å². The van der Waals surface area contributed by atoms with E-state index in [2.05, 4.69) is 10.6 Å². The number of carboxylic acid groups (broad SMARTS) is 1. The summed E-state index contributed by atoms with van der Waals surface area (Å²) < 4.78 is 0. The summed E-state index contributed by atoms with van der Waals surface area (Å²) in [4.78, 5) is 36.8. The van der Waals surface area contributed by atoms with Gasteiger partial charge in [-0.05, 0) is 38.0 Å². The number of hydrogen-bond donors (Lipinski definition) is 3. The summed E-state index contributed by atoms with van der Waals surface area (Å²) in [6.07, 6.45) is 4.07. The average Bonchev–Trinajstić information content (AvgIpc) is 2.81. The molecule has 0 aromatic heterocycles. The molecule has 1 saturated carbocycles. The molecule has 1 aromatic rings. The van der Waals surface area contributed by atoms with Crippen LogP contribution in [0.15, 0.2) is 23.1 Å². The first-order valence-corrected chi connectivity index (χ1v) is 9.49. The van der Waals surface area contributed by atoms with Gasteiger partial charge in [-0.15, -0.1) is 11.8 Å². The van der Waals surface area contributed by atoms with Crippen molar-refractivity contribution in [1.82, 2.24) is 5.32 Å². The van der Waals surface area contributed by atoms with Crippen LogP contribution in [0.5, 0.6) is 0 Å². The lowest BCUT2D eigenvalue weighted by atomic mass is 9.94. The van der Waals surface area contributed by atoms with Gasteiger partial charge in [-0.3, -0.25) is 14.4 Å². The third kappa shape index (κ3) is 3.98. The fourth-order valence-corrected chi connectivity index (χ4v) is 4.31. The van der Waals surface area contributed by atoms with Crippen LogP contribution in [0.25, 0.3) is 0 Å². The van der Waals surface area contributed by atoms with Crippen LogP contribution in [0.1, 0.15) is 49.4 Å². The standard InChI is InChI=1S/C18H22N2O4S/c1-10-16(21)20-14-9-11(7-8-15(14)25-10)17(22)19-13-6-4-2-3-5-12(13)18(23)24/h7-10,12-13H,2-6H2,1H3,(H,19,22)(H,20,21)(H,23,24)/t10?,12-,13+/m1/s1. The molecule has 3 rings (SSSR count). The predicted molar refractivity (Wildman–Crippen MR) is 95.9 cm³/mol. The van der Waals surface area contributed by atoms with Crippen LogP contribution in [-0.4, -0.2) is 34.2 Å². The molecule has 1 aliphatic heterocycles. The SMILES string of the molecule is CC1Sc2ccc(C(=O)N[C@H]3CCCCC[C@H]3C(=O)O)cc2NC1=O. The molecule has 3 atom stereocenters. The monoisotopic (exact) mass is 362 g/mol. The first kappa shape index (κ1) is 17.8. The molecule has 134 valence electrons. The van der Waals surface area contributed by atoms with Crippen LogP contribution in [0.3, 0.4) is 0 Å². The number of carbonyl (C=O) groups is 3. The van der Waals surface area contributed by atoms with Gasteiger partial charge in [0.2, 0.25) is 5.91 Å². The molecule has 3 N–H and O–H groups in total. The molecule has 2 aliphatic rings. The fourth-order valence-electron chi connectivity index (χ4n) is 3.38. The number of fused-ring (bicyclic) bond motifs is 1. The highest BCUT2D eigenvalue weighted by atomic mass is 32.2. The molecule has 0 bridgehead atoms. The maximum Gasteiger partial charge on any atom is 0.308 e. The maximum absolute atomic E-state index is 12.6. The number of amides is 2. The van der Waals surface area contributed by atoms with E-state index in [4.69, 9.17) is 0 Å². The van der Waals surface area contributed by atoms with Crippen molar-refractivity contribution in [1.29, 1.82) is 0 Å². The Balaban J connectivity index is 1.75. The lowest BCUT2D eigenvalue weighted by Crippen LogP contribution is -2.42. The molecular weight excluding hydrogens is 340 g/mol. The van der Waals surface area contributed by atoms with Crippen LogP contribution in [0.4, 0.5) is 5.69 Å². The number of aliphatic carboxylic acids is 1. The van der Waals surface area contributed by atoms with Gasteiger partial charge in [0.05, 0.1) is 16.9 Å². The Bertz CT molecular complexity index is 706. The topological polar surface area (TPSA) is 95.5 Å². The number of rotatable bonds is 3. The minimum absolute atomic E-state index is 0.0789. The van der Waals surface area contributed by atoms with Crippen molar-refractivity contribution in [2.45, 2.75) is 55.2 Å². The summed E-state index contributed by atoms with van der Waals surface area (Å²) in [6, 6.07) is 4.85. The minimum Gasteiger partial charge on any atom is -0.481 e. The van der Waals surface area contributed by atoms with E-state index in [1.54, 1.807) is 12.1 Å². The van der Waals surface area contributed by atoms with E-state index in [0.29, 0.717) is 24.1 Å². The van der Waals surface area contributed by atoms with Crippen molar-refractivity contribution in [3.8, 4) is 0 Å². The van der Waals surface area contributed by atoms with E-state index in [1.807, 2.05) is 13.0 Å². The molecule has 1 unspecified atom stereocenters. The number of anilines is 1. The number of carbonyl (C=O) groups excluding carboxylic acids is 2. The van der Waals surface area contributed by atoms with Crippen molar-refractivity contribution in [3.05, 3.63) is 23.8 Å². The van der Waals surface area contributed by atoms with Gasteiger partial charge >= 0.3 is 5.97 Å². The predicted octanol–water partition coefficient (Wildman–Crippen LogP) is 2.88. The molecule has 1 aliphatic carbocycles. The lowest BCUT2D eigenvalue weighted by Gasteiger charge is -2.24. The molecule has 25 heavy (non-hydrogen) atoms. The Kier molecular flexibility index (Phi) is 5.32. The van der Waals surface area contributed by atoms with Crippen LogP contribution >= 0.6 is 11.8 Å². The average molecular weight is 362 g/mol. The van der Waals surface area contributed by atoms with Crippen molar-refractivity contribution in [2.75, 3.05) is 5.32 Å². The number of hydrogen-bond acceptors (Lipinski definition) is 4. The van der Waals surface area contributed by atoms with Crippen molar-refractivity contribution in [3.63, 3.8) is 0 Å². The van der Waals surface area contributed by atoms with E-state index in [-0.39, 0.29) is 23.1 Å². The summed E-state index contributed by atoms with van der Waals surface area (Å²) in [6.45, 7) is 1.83. The quantitative estimate of drug-likeness (QED) is 0.719. The Morgan fingerprint density at radius 2 is 2.00 bits per heavy atom. The van der Waals surface area contributed by atoms with Gasteiger partial charge in [-0.25, -0.2) is 0 Å². The third-order valence-corrected chi connectivity index (χ3v) is 6.00. The van der Waals surface area contributed by atoms with Gasteiger partial charge in [-0.2, -0.15) is 0 Å². The normalized spacial score (nSPS) is 26.1. The summed E-state index contributed by atoms with van der Waals surface area (Å²) >= 11 is 1.46. The molecule has 6 nitrogen and oxygen atoms in total. The van der Waals surface area contributed by atoms with Crippen LogP contribution in [-0.2, 0) is 9.59 Å². The van der Waals surface area contributed by atoms with Gasteiger partial charge in [0, 0.05) is 16.5 Å².